The second-order valence-electron chi connectivity index (χ2n) is 7.27. The van der Waals surface area contributed by atoms with Gasteiger partial charge in [0.05, 0.1) is 22.4 Å². The van der Waals surface area contributed by atoms with E-state index in [-0.39, 0.29) is 17.2 Å². The van der Waals surface area contributed by atoms with Crippen molar-refractivity contribution in [1.29, 1.82) is 0 Å². The molecule has 0 bridgehead atoms. The molecule has 0 saturated carbocycles. The van der Waals surface area contributed by atoms with E-state index in [4.69, 9.17) is 5.73 Å². The van der Waals surface area contributed by atoms with Crippen LogP contribution in [-0.4, -0.2) is 20.9 Å². The van der Waals surface area contributed by atoms with E-state index in [1.807, 2.05) is 48.5 Å². The topological polar surface area (TPSA) is 117 Å². The molecule has 0 unspecified atom stereocenters. The first-order chi connectivity index (χ1) is 15.1. The minimum atomic E-state index is -0.335. The van der Waals surface area contributed by atoms with E-state index in [1.165, 1.54) is 0 Å². The van der Waals surface area contributed by atoms with Gasteiger partial charge in [0.1, 0.15) is 0 Å². The van der Waals surface area contributed by atoms with Gasteiger partial charge in [-0.15, -0.1) is 0 Å². The third-order valence-electron chi connectivity index (χ3n) is 5.23. The van der Waals surface area contributed by atoms with Crippen LogP contribution in [0.15, 0.2) is 77.6 Å². The summed E-state index contributed by atoms with van der Waals surface area (Å²) in [6.45, 7) is 0.433. The number of hydrogen-bond donors (Lipinski definition) is 4. The predicted octanol–water partition coefficient (Wildman–Crippen LogP) is 3.58. The molecule has 0 radical (unpaired) electrons. The van der Waals surface area contributed by atoms with Crippen LogP contribution in [0.25, 0.3) is 33.3 Å². The van der Waals surface area contributed by atoms with Gasteiger partial charge >= 0.3 is 0 Å². The van der Waals surface area contributed by atoms with E-state index in [1.54, 1.807) is 24.3 Å². The number of aromatic nitrogens is 3. The number of H-pyrrole nitrogens is 2. The summed E-state index contributed by atoms with van der Waals surface area (Å²) < 4.78 is 0. The molecule has 0 aliphatic heterocycles. The highest BCUT2D eigenvalue weighted by Crippen LogP contribution is 2.31. The SMILES string of the molecule is Nc1c(-c2nc3ccccc3[nH]c2=O)[nH]c2ccc(C(=O)NCc3ccccc3)cc12. The Morgan fingerprint density at radius 2 is 1.71 bits per heavy atom. The predicted molar refractivity (Wildman–Crippen MR) is 122 cm³/mol. The van der Waals surface area contributed by atoms with Gasteiger partial charge in [0.25, 0.3) is 11.5 Å². The molecule has 152 valence electrons. The fraction of sp³-hybridized carbons (Fsp3) is 0.0417. The summed E-state index contributed by atoms with van der Waals surface area (Å²) in [5.74, 6) is -0.199. The Bertz CT molecular complexity index is 1480. The Labute approximate surface area is 177 Å². The lowest BCUT2D eigenvalue weighted by Gasteiger charge is -2.06. The Kier molecular flexibility index (Phi) is 4.48. The number of rotatable bonds is 4. The first-order valence-corrected chi connectivity index (χ1v) is 9.83. The van der Waals surface area contributed by atoms with Crippen LogP contribution < -0.4 is 16.6 Å². The average Bonchev–Trinajstić information content (AvgIpc) is 3.13. The number of fused-ring (bicyclic) bond motifs is 2. The van der Waals surface area contributed by atoms with E-state index in [9.17, 15) is 9.59 Å². The molecule has 0 aliphatic carbocycles. The Morgan fingerprint density at radius 1 is 0.935 bits per heavy atom. The highest BCUT2D eigenvalue weighted by molar-refractivity contribution is 6.04. The minimum absolute atomic E-state index is 0.199. The molecule has 0 saturated heterocycles. The summed E-state index contributed by atoms with van der Waals surface area (Å²) in [5.41, 5.74) is 10.6. The van der Waals surface area contributed by atoms with Crippen molar-refractivity contribution in [2.45, 2.75) is 6.54 Å². The van der Waals surface area contributed by atoms with E-state index >= 15 is 0 Å². The van der Waals surface area contributed by atoms with E-state index in [0.29, 0.717) is 39.9 Å². The summed E-state index contributed by atoms with van der Waals surface area (Å²) in [5, 5.41) is 3.57. The van der Waals surface area contributed by atoms with Crippen molar-refractivity contribution in [2.24, 2.45) is 0 Å². The number of nitrogens with two attached hydrogens (primary N) is 1. The first kappa shape index (κ1) is 18.6. The molecular formula is C24H19N5O2. The van der Waals surface area contributed by atoms with Crippen LogP contribution in [0.3, 0.4) is 0 Å². The van der Waals surface area contributed by atoms with Gasteiger partial charge in [-0.2, -0.15) is 0 Å². The number of nitrogens with one attached hydrogen (secondary N) is 3. The standard InChI is InChI=1S/C24H19N5O2/c25-20-16-12-15(23(30)26-13-14-6-2-1-3-7-14)10-11-17(16)27-21(20)22-24(31)29-19-9-5-4-8-18(19)28-22/h1-12,27H,13,25H2,(H,26,30)(H,29,31). The number of aromatic amines is 2. The fourth-order valence-electron chi connectivity index (χ4n) is 3.62. The Balaban J connectivity index is 1.50. The highest BCUT2D eigenvalue weighted by Gasteiger charge is 2.17. The van der Waals surface area contributed by atoms with Gasteiger partial charge in [0.15, 0.2) is 5.69 Å². The van der Waals surface area contributed by atoms with Crippen molar-refractivity contribution in [3.63, 3.8) is 0 Å². The van der Waals surface area contributed by atoms with Gasteiger partial charge in [-0.3, -0.25) is 9.59 Å². The number of nitrogen functional groups attached to an aromatic ring is 1. The maximum atomic E-state index is 12.6. The second kappa shape index (κ2) is 7.46. The molecule has 0 fully saturated rings. The van der Waals surface area contributed by atoms with Gasteiger partial charge < -0.3 is 21.0 Å². The summed E-state index contributed by atoms with van der Waals surface area (Å²) in [6, 6.07) is 22.2. The van der Waals surface area contributed by atoms with Crippen molar-refractivity contribution in [3.05, 3.63) is 94.3 Å². The summed E-state index contributed by atoms with van der Waals surface area (Å²) in [7, 11) is 0. The van der Waals surface area contributed by atoms with Crippen LogP contribution in [0.1, 0.15) is 15.9 Å². The van der Waals surface area contributed by atoms with Crippen molar-refractivity contribution in [3.8, 4) is 11.4 Å². The quantitative estimate of drug-likeness (QED) is 0.363. The maximum absolute atomic E-state index is 12.6. The highest BCUT2D eigenvalue weighted by atomic mass is 16.1. The zero-order chi connectivity index (χ0) is 21.4. The van der Waals surface area contributed by atoms with E-state index in [2.05, 4.69) is 20.3 Å². The first-order valence-electron chi connectivity index (χ1n) is 9.83. The smallest absolute Gasteiger partial charge is 0.276 e. The molecule has 0 spiro atoms. The average molecular weight is 409 g/mol. The Hall–Kier alpha value is -4.39. The number of para-hydroxylation sites is 2. The molecule has 1 amide bonds. The van der Waals surface area contributed by atoms with Crippen molar-refractivity contribution < 1.29 is 4.79 Å². The third-order valence-corrected chi connectivity index (χ3v) is 5.23. The zero-order valence-corrected chi connectivity index (χ0v) is 16.5. The van der Waals surface area contributed by atoms with Crippen LogP contribution in [0, 0.1) is 0 Å². The lowest BCUT2D eigenvalue weighted by molar-refractivity contribution is 0.0951. The lowest BCUT2D eigenvalue weighted by Crippen LogP contribution is -2.22. The second-order valence-corrected chi connectivity index (χ2v) is 7.27. The zero-order valence-electron chi connectivity index (χ0n) is 16.5. The molecule has 31 heavy (non-hydrogen) atoms. The largest absolute Gasteiger partial charge is 0.396 e. The summed E-state index contributed by atoms with van der Waals surface area (Å²) >= 11 is 0. The van der Waals surface area contributed by atoms with Crippen LogP contribution in [-0.2, 0) is 6.54 Å². The maximum Gasteiger partial charge on any atom is 0.276 e. The van der Waals surface area contributed by atoms with Crippen LogP contribution in [0.5, 0.6) is 0 Å². The van der Waals surface area contributed by atoms with Crippen LogP contribution in [0.4, 0.5) is 5.69 Å². The van der Waals surface area contributed by atoms with Gasteiger partial charge in [-0.05, 0) is 35.9 Å². The molecule has 3 aromatic carbocycles. The number of nitrogens with zero attached hydrogens (tertiary/aromatic N) is 1. The monoisotopic (exact) mass is 409 g/mol. The summed E-state index contributed by atoms with van der Waals surface area (Å²) in [6.07, 6.45) is 0. The van der Waals surface area contributed by atoms with Crippen molar-refractivity contribution >= 4 is 33.5 Å². The number of carbonyl (C=O) groups excluding carboxylic acids is 1. The molecule has 2 heterocycles. The molecule has 7 nitrogen and oxygen atoms in total. The molecule has 5 N–H and O–H groups in total. The van der Waals surface area contributed by atoms with Crippen molar-refractivity contribution in [2.75, 3.05) is 5.73 Å². The van der Waals surface area contributed by atoms with Crippen LogP contribution >= 0.6 is 0 Å². The van der Waals surface area contributed by atoms with Gasteiger partial charge in [0.2, 0.25) is 0 Å². The molecule has 5 rings (SSSR count). The van der Waals surface area contributed by atoms with E-state index < -0.39 is 0 Å². The van der Waals surface area contributed by atoms with E-state index in [0.717, 1.165) is 11.1 Å². The number of hydrogen-bond acceptors (Lipinski definition) is 4. The minimum Gasteiger partial charge on any atom is -0.396 e. The van der Waals surface area contributed by atoms with Crippen molar-refractivity contribution in [1.82, 2.24) is 20.3 Å². The third kappa shape index (κ3) is 3.42. The number of anilines is 1. The fourth-order valence-corrected chi connectivity index (χ4v) is 3.62. The number of carbonyl (C=O) groups is 1. The van der Waals surface area contributed by atoms with Gasteiger partial charge in [0, 0.05) is 23.0 Å². The van der Waals surface area contributed by atoms with Gasteiger partial charge in [-0.25, -0.2) is 4.98 Å². The summed E-state index contributed by atoms with van der Waals surface area (Å²) in [4.78, 5) is 35.7. The normalized spacial score (nSPS) is 11.1. The molecular weight excluding hydrogens is 390 g/mol. The molecule has 2 aromatic heterocycles. The molecule has 0 aliphatic rings. The number of amides is 1. The lowest BCUT2D eigenvalue weighted by atomic mass is 10.1. The molecule has 5 aromatic rings. The number of benzene rings is 3. The van der Waals surface area contributed by atoms with Crippen LogP contribution in [0.2, 0.25) is 0 Å². The molecule has 7 heteroatoms. The van der Waals surface area contributed by atoms with Gasteiger partial charge in [-0.1, -0.05) is 42.5 Å². The Morgan fingerprint density at radius 3 is 2.55 bits per heavy atom. The molecule has 0 atom stereocenters.